The van der Waals surface area contributed by atoms with Crippen LogP contribution in [0, 0.1) is 0 Å². The van der Waals surface area contributed by atoms with Crippen LogP contribution in [0.25, 0.3) is 0 Å². The molecule has 1 aromatic rings. The Bertz CT molecular complexity index is 557. The van der Waals surface area contributed by atoms with E-state index in [9.17, 15) is 4.79 Å². The zero-order chi connectivity index (χ0) is 17.5. The highest BCUT2D eigenvalue weighted by atomic mass is 35.5. The highest BCUT2D eigenvalue weighted by molar-refractivity contribution is 6.32. The Morgan fingerprint density at radius 3 is 2.38 bits per heavy atom. The lowest BCUT2D eigenvalue weighted by molar-refractivity contribution is -0.117. The van der Waals surface area contributed by atoms with Gasteiger partial charge >= 0.3 is 0 Å². The summed E-state index contributed by atoms with van der Waals surface area (Å²) in [5.74, 6) is 0.959. The standard InChI is InChI=1S/C18H27ClN2O3/c1-21(13-8-6-4-5-7-9-13)12-18(22)20-15-11-16(23-2)14(19)10-17(15)24-3/h10-11,13H,4-9,12H2,1-3H3,(H,20,22). The summed E-state index contributed by atoms with van der Waals surface area (Å²) >= 11 is 6.09. The van der Waals surface area contributed by atoms with E-state index in [1.807, 2.05) is 7.05 Å². The van der Waals surface area contributed by atoms with Gasteiger partial charge in [-0.2, -0.15) is 0 Å². The van der Waals surface area contributed by atoms with Crippen LogP contribution in [0.1, 0.15) is 38.5 Å². The fraction of sp³-hybridized carbons (Fsp3) is 0.611. The fourth-order valence-corrected chi connectivity index (χ4v) is 3.43. The first-order valence-corrected chi connectivity index (χ1v) is 8.84. The Morgan fingerprint density at radius 2 is 1.79 bits per heavy atom. The molecule has 1 saturated carbocycles. The topological polar surface area (TPSA) is 50.8 Å². The average Bonchev–Trinajstić information content (AvgIpc) is 2.85. The lowest BCUT2D eigenvalue weighted by Crippen LogP contribution is -2.37. The molecular formula is C18H27ClN2O3. The summed E-state index contributed by atoms with van der Waals surface area (Å²) in [5.41, 5.74) is 0.568. The van der Waals surface area contributed by atoms with Gasteiger partial charge in [0.1, 0.15) is 11.5 Å². The quantitative estimate of drug-likeness (QED) is 0.786. The maximum absolute atomic E-state index is 12.4. The number of anilines is 1. The van der Waals surface area contributed by atoms with Crippen LogP contribution in [0.2, 0.25) is 5.02 Å². The van der Waals surface area contributed by atoms with Gasteiger partial charge in [-0.3, -0.25) is 9.69 Å². The van der Waals surface area contributed by atoms with Crippen LogP contribution in [-0.2, 0) is 4.79 Å². The zero-order valence-corrected chi connectivity index (χ0v) is 15.5. The van der Waals surface area contributed by atoms with Crippen molar-refractivity contribution >= 4 is 23.2 Å². The van der Waals surface area contributed by atoms with Gasteiger partial charge in [-0.15, -0.1) is 0 Å². The summed E-state index contributed by atoms with van der Waals surface area (Å²) in [6.45, 7) is 0.360. The first-order valence-electron chi connectivity index (χ1n) is 8.46. The van der Waals surface area contributed by atoms with Crippen LogP contribution < -0.4 is 14.8 Å². The van der Waals surface area contributed by atoms with Gasteiger partial charge in [0.25, 0.3) is 0 Å². The number of nitrogens with zero attached hydrogens (tertiary/aromatic N) is 1. The number of hydrogen-bond donors (Lipinski definition) is 1. The Labute approximate surface area is 149 Å². The Kier molecular flexibility index (Phi) is 7.18. The van der Waals surface area contributed by atoms with Gasteiger partial charge in [0.15, 0.2) is 0 Å². The van der Waals surface area contributed by atoms with Gasteiger partial charge in [-0.1, -0.05) is 37.3 Å². The van der Waals surface area contributed by atoms with E-state index in [-0.39, 0.29) is 5.91 Å². The minimum atomic E-state index is -0.0653. The Hall–Kier alpha value is -1.46. The van der Waals surface area contributed by atoms with Gasteiger partial charge in [-0.05, 0) is 19.9 Å². The summed E-state index contributed by atoms with van der Waals surface area (Å²) in [6, 6.07) is 3.82. The van der Waals surface area contributed by atoms with Gasteiger partial charge in [-0.25, -0.2) is 0 Å². The summed E-state index contributed by atoms with van der Waals surface area (Å²) in [6.07, 6.45) is 7.44. The van der Waals surface area contributed by atoms with E-state index in [0.29, 0.717) is 34.8 Å². The second-order valence-electron chi connectivity index (χ2n) is 6.30. The van der Waals surface area contributed by atoms with Crippen LogP contribution in [-0.4, -0.2) is 44.7 Å². The van der Waals surface area contributed by atoms with Crippen molar-refractivity contribution in [1.29, 1.82) is 0 Å². The van der Waals surface area contributed by atoms with Crippen molar-refractivity contribution in [2.75, 3.05) is 33.1 Å². The molecule has 1 aliphatic carbocycles. The number of amides is 1. The van der Waals surface area contributed by atoms with Crippen LogP contribution >= 0.6 is 11.6 Å². The van der Waals surface area contributed by atoms with Gasteiger partial charge < -0.3 is 14.8 Å². The second-order valence-corrected chi connectivity index (χ2v) is 6.70. The van der Waals surface area contributed by atoms with Crippen molar-refractivity contribution in [3.05, 3.63) is 17.2 Å². The minimum absolute atomic E-state index is 0.0653. The van der Waals surface area contributed by atoms with Crippen LogP contribution in [0.5, 0.6) is 11.5 Å². The molecule has 0 saturated heterocycles. The number of likely N-dealkylation sites (N-methyl/N-ethyl adjacent to an activating group) is 1. The predicted molar refractivity (Wildman–Crippen MR) is 97.3 cm³/mol. The summed E-state index contributed by atoms with van der Waals surface area (Å²) in [5, 5.41) is 3.35. The molecule has 1 amide bonds. The Balaban J connectivity index is 2.00. The van der Waals surface area contributed by atoms with Crippen molar-refractivity contribution < 1.29 is 14.3 Å². The highest BCUT2D eigenvalue weighted by Gasteiger charge is 2.20. The molecule has 5 nitrogen and oxygen atoms in total. The third-order valence-electron chi connectivity index (χ3n) is 4.59. The van der Waals surface area contributed by atoms with Crippen molar-refractivity contribution in [3.63, 3.8) is 0 Å². The first-order chi connectivity index (χ1) is 11.5. The molecule has 6 heteroatoms. The van der Waals surface area contributed by atoms with Crippen molar-refractivity contribution in [2.45, 2.75) is 44.6 Å². The number of benzene rings is 1. The molecule has 134 valence electrons. The molecule has 0 atom stereocenters. The lowest BCUT2D eigenvalue weighted by atomic mass is 10.1. The molecule has 1 aliphatic rings. The van der Waals surface area contributed by atoms with Crippen LogP contribution in [0.3, 0.4) is 0 Å². The van der Waals surface area contributed by atoms with E-state index in [0.717, 1.165) is 0 Å². The predicted octanol–water partition coefficient (Wildman–Crippen LogP) is 3.95. The van der Waals surface area contributed by atoms with Crippen molar-refractivity contribution in [1.82, 2.24) is 4.90 Å². The molecule has 0 spiro atoms. The molecule has 0 bridgehead atoms. The molecule has 24 heavy (non-hydrogen) atoms. The summed E-state index contributed by atoms with van der Waals surface area (Å²) in [7, 11) is 5.11. The van der Waals surface area contributed by atoms with E-state index < -0.39 is 0 Å². The average molecular weight is 355 g/mol. The van der Waals surface area contributed by atoms with Gasteiger partial charge in [0.2, 0.25) is 5.91 Å². The van der Waals surface area contributed by atoms with E-state index in [1.165, 1.54) is 38.5 Å². The largest absolute Gasteiger partial charge is 0.495 e. The maximum atomic E-state index is 12.4. The fourth-order valence-electron chi connectivity index (χ4n) is 3.20. The molecule has 0 aromatic heterocycles. The number of carbonyl (C=O) groups excluding carboxylic acids is 1. The van der Waals surface area contributed by atoms with Crippen molar-refractivity contribution in [3.8, 4) is 11.5 Å². The number of halogens is 1. The van der Waals surface area contributed by atoms with Crippen LogP contribution in [0.4, 0.5) is 5.69 Å². The van der Waals surface area contributed by atoms with E-state index in [4.69, 9.17) is 21.1 Å². The number of ether oxygens (including phenoxy) is 2. The summed E-state index contributed by atoms with van der Waals surface area (Å²) in [4.78, 5) is 14.6. The van der Waals surface area contributed by atoms with Gasteiger partial charge in [0.05, 0.1) is 31.5 Å². The zero-order valence-electron chi connectivity index (χ0n) is 14.7. The molecule has 1 fully saturated rings. The molecular weight excluding hydrogens is 328 g/mol. The lowest BCUT2D eigenvalue weighted by Gasteiger charge is -2.26. The van der Waals surface area contributed by atoms with Crippen molar-refractivity contribution in [2.24, 2.45) is 0 Å². The third-order valence-corrected chi connectivity index (χ3v) is 4.88. The molecule has 1 aromatic carbocycles. The van der Waals surface area contributed by atoms with Crippen LogP contribution in [0.15, 0.2) is 12.1 Å². The number of methoxy groups -OCH3 is 2. The molecule has 1 N–H and O–H groups in total. The van der Waals surface area contributed by atoms with E-state index >= 15 is 0 Å². The van der Waals surface area contributed by atoms with Gasteiger partial charge in [0, 0.05) is 18.2 Å². The third kappa shape index (κ3) is 5.02. The molecule has 2 rings (SSSR count). The molecule has 0 unspecified atom stereocenters. The summed E-state index contributed by atoms with van der Waals surface area (Å²) < 4.78 is 10.5. The smallest absolute Gasteiger partial charge is 0.238 e. The monoisotopic (exact) mass is 354 g/mol. The number of rotatable bonds is 6. The Morgan fingerprint density at radius 1 is 1.17 bits per heavy atom. The molecule has 0 radical (unpaired) electrons. The van der Waals surface area contributed by atoms with E-state index in [1.54, 1.807) is 26.4 Å². The number of carbonyl (C=O) groups is 1. The second kappa shape index (κ2) is 9.14. The first kappa shape index (κ1) is 18.9. The number of nitrogens with one attached hydrogen (secondary N) is 1. The normalized spacial score (nSPS) is 15.9. The minimum Gasteiger partial charge on any atom is -0.495 e. The van der Waals surface area contributed by atoms with E-state index in [2.05, 4.69) is 10.2 Å². The molecule has 0 aliphatic heterocycles. The molecule has 0 heterocycles. The highest BCUT2D eigenvalue weighted by Crippen LogP contribution is 2.35. The SMILES string of the molecule is COc1cc(NC(=O)CN(C)C2CCCCCC2)c(OC)cc1Cl. The maximum Gasteiger partial charge on any atom is 0.238 e. The number of hydrogen-bond acceptors (Lipinski definition) is 4.